The Kier molecular flexibility index (Phi) is 5.37. The van der Waals surface area contributed by atoms with Crippen molar-refractivity contribution < 1.29 is 14.7 Å². The molecule has 1 aromatic carbocycles. The molecule has 0 spiro atoms. The van der Waals surface area contributed by atoms with Gasteiger partial charge in [-0.15, -0.1) is 0 Å². The number of benzene rings is 1. The van der Waals surface area contributed by atoms with Crippen molar-refractivity contribution >= 4 is 11.9 Å². The van der Waals surface area contributed by atoms with Crippen molar-refractivity contribution in [3.8, 4) is 0 Å². The maximum absolute atomic E-state index is 12.4. The highest BCUT2D eigenvalue weighted by molar-refractivity contribution is 6.04. The minimum atomic E-state index is -1.06. The zero-order valence-corrected chi connectivity index (χ0v) is 12.5. The van der Waals surface area contributed by atoms with E-state index in [1.165, 1.54) is 25.3 Å². The van der Waals surface area contributed by atoms with Crippen molar-refractivity contribution in [3.05, 3.63) is 35.4 Å². The largest absolute Gasteiger partial charge is 0.478 e. The Morgan fingerprint density at radius 2 is 1.81 bits per heavy atom. The lowest BCUT2D eigenvalue weighted by Gasteiger charge is -2.30. The van der Waals surface area contributed by atoms with Gasteiger partial charge in [-0.2, -0.15) is 0 Å². The summed E-state index contributed by atoms with van der Waals surface area (Å²) in [4.78, 5) is 23.6. The van der Waals surface area contributed by atoms with Gasteiger partial charge in [0.15, 0.2) is 0 Å². The molecule has 4 heteroatoms. The summed E-state index contributed by atoms with van der Waals surface area (Å²) in [7, 11) is 0. The molecular weight excluding hydrogens is 266 g/mol. The molecule has 1 aliphatic carbocycles. The third kappa shape index (κ3) is 3.84. The monoisotopic (exact) mass is 289 g/mol. The lowest BCUT2D eigenvalue weighted by atomic mass is 9.83. The van der Waals surface area contributed by atoms with Crippen molar-refractivity contribution in [2.24, 2.45) is 5.92 Å². The Bertz CT molecular complexity index is 507. The lowest BCUT2D eigenvalue weighted by Crippen LogP contribution is -2.41. The Labute approximate surface area is 125 Å². The number of hydrogen-bond donors (Lipinski definition) is 2. The van der Waals surface area contributed by atoms with Crippen LogP contribution in [-0.2, 0) is 0 Å². The summed E-state index contributed by atoms with van der Waals surface area (Å²) >= 11 is 0. The Balaban J connectivity index is 2.10. The van der Waals surface area contributed by atoms with Crippen LogP contribution in [0.4, 0.5) is 0 Å². The predicted molar refractivity (Wildman–Crippen MR) is 81.5 cm³/mol. The van der Waals surface area contributed by atoms with Gasteiger partial charge in [0, 0.05) is 6.04 Å². The molecule has 1 saturated carbocycles. The molecule has 0 aliphatic heterocycles. The van der Waals surface area contributed by atoms with Crippen LogP contribution in [0.3, 0.4) is 0 Å². The summed E-state index contributed by atoms with van der Waals surface area (Å²) < 4.78 is 0. The zero-order chi connectivity index (χ0) is 15.2. The third-order valence-electron chi connectivity index (χ3n) is 4.38. The molecular formula is C17H23NO3. The van der Waals surface area contributed by atoms with E-state index in [9.17, 15) is 14.7 Å². The highest BCUT2D eigenvalue weighted by Crippen LogP contribution is 2.28. The number of nitrogens with one attached hydrogen (secondary N) is 1. The highest BCUT2D eigenvalue weighted by atomic mass is 16.4. The topological polar surface area (TPSA) is 66.4 Å². The molecule has 0 heterocycles. The normalized spacial score (nSPS) is 17.2. The van der Waals surface area contributed by atoms with Gasteiger partial charge in [0.1, 0.15) is 0 Å². The molecule has 0 saturated heterocycles. The second-order valence-electron chi connectivity index (χ2n) is 5.74. The first-order valence-corrected chi connectivity index (χ1v) is 7.76. The molecule has 1 unspecified atom stereocenters. The number of carboxylic acids is 1. The number of carboxylic acid groups (broad SMARTS) is 1. The van der Waals surface area contributed by atoms with E-state index in [2.05, 4.69) is 12.2 Å². The van der Waals surface area contributed by atoms with Crippen LogP contribution in [0.15, 0.2) is 24.3 Å². The average Bonchev–Trinajstić information content (AvgIpc) is 2.53. The average molecular weight is 289 g/mol. The van der Waals surface area contributed by atoms with Gasteiger partial charge < -0.3 is 10.4 Å². The van der Waals surface area contributed by atoms with Crippen LogP contribution in [0.2, 0.25) is 0 Å². The van der Waals surface area contributed by atoms with Crippen molar-refractivity contribution in [3.63, 3.8) is 0 Å². The summed E-state index contributed by atoms with van der Waals surface area (Å²) in [5, 5.41) is 12.2. The van der Waals surface area contributed by atoms with Gasteiger partial charge in [-0.1, -0.05) is 38.3 Å². The molecule has 1 amide bonds. The first-order chi connectivity index (χ1) is 10.1. The number of rotatable bonds is 5. The first-order valence-electron chi connectivity index (χ1n) is 7.76. The fourth-order valence-electron chi connectivity index (χ4n) is 3.20. The number of carbonyl (C=O) groups is 2. The van der Waals surface area contributed by atoms with E-state index >= 15 is 0 Å². The van der Waals surface area contributed by atoms with Crippen molar-refractivity contribution in [1.82, 2.24) is 5.32 Å². The van der Waals surface area contributed by atoms with Gasteiger partial charge in [-0.3, -0.25) is 4.79 Å². The minimum Gasteiger partial charge on any atom is -0.478 e. The van der Waals surface area contributed by atoms with Gasteiger partial charge in [-0.25, -0.2) is 4.79 Å². The second kappa shape index (κ2) is 7.25. The van der Waals surface area contributed by atoms with Gasteiger partial charge in [0.2, 0.25) is 0 Å². The smallest absolute Gasteiger partial charge is 0.336 e. The maximum Gasteiger partial charge on any atom is 0.336 e. The molecule has 0 aromatic heterocycles. The maximum atomic E-state index is 12.4. The Morgan fingerprint density at radius 1 is 1.19 bits per heavy atom. The Morgan fingerprint density at radius 3 is 2.38 bits per heavy atom. The van der Waals surface area contributed by atoms with Gasteiger partial charge in [-0.05, 0) is 37.3 Å². The number of hydrogen-bond acceptors (Lipinski definition) is 2. The van der Waals surface area contributed by atoms with E-state index in [0.717, 1.165) is 19.3 Å². The van der Waals surface area contributed by atoms with Crippen molar-refractivity contribution in [2.45, 2.75) is 51.5 Å². The quantitative estimate of drug-likeness (QED) is 0.872. The summed E-state index contributed by atoms with van der Waals surface area (Å²) in [6.45, 7) is 2.07. The molecule has 0 bridgehead atoms. The van der Waals surface area contributed by atoms with Gasteiger partial charge >= 0.3 is 5.97 Å². The van der Waals surface area contributed by atoms with Gasteiger partial charge in [0.05, 0.1) is 11.1 Å². The van der Waals surface area contributed by atoms with E-state index < -0.39 is 5.97 Å². The molecule has 1 fully saturated rings. The van der Waals surface area contributed by atoms with Crippen molar-refractivity contribution in [1.29, 1.82) is 0 Å². The molecule has 2 N–H and O–H groups in total. The zero-order valence-electron chi connectivity index (χ0n) is 12.5. The molecule has 114 valence electrons. The summed E-state index contributed by atoms with van der Waals surface area (Å²) in [5.41, 5.74) is 0.313. The minimum absolute atomic E-state index is 0.0634. The second-order valence-corrected chi connectivity index (χ2v) is 5.74. The first kappa shape index (κ1) is 15.5. The molecule has 0 radical (unpaired) electrons. The third-order valence-corrected chi connectivity index (χ3v) is 4.38. The number of aromatic carboxylic acids is 1. The summed E-state index contributed by atoms with van der Waals surface area (Å²) in [6.07, 6.45) is 6.92. The standard InChI is InChI=1S/C17H23NO3/c1-2-15(12-8-4-3-5-9-12)18-16(19)13-10-6-7-11-14(13)17(20)21/h6-7,10-12,15H,2-5,8-9H2,1H3,(H,18,19)(H,20,21). The van der Waals surface area contributed by atoms with E-state index in [0.29, 0.717) is 5.92 Å². The molecule has 1 aliphatic rings. The highest BCUT2D eigenvalue weighted by Gasteiger charge is 2.25. The van der Waals surface area contributed by atoms with E-state index in [-0.39, 0.29) is 23.1 Å². The van der Waals surface area contributed by atoms with Gasteiger partial charge in [0.25, 0.3) is 5.91 Å². The van der Waals surface area contributed by atoms with Crippen LogP contribution < -0.4 is 5.32 Å². The van der Waals surface area contributed by atoms with E-state index in [1.807, 2.05) is 0 Å². The molecule has 4 nitrogen and oxygen atoms in total. The Hall–Kier alpha value is -1.84. The van der Waals surface area contributed by atoms with Crippen LogP contribution in [0.1, 0.15) is 66.2 Å². The fourth-order valence-corrected chi connectivity index (χ4v) is 3.20. The van der Waals surface area contributed by atoms with E-state index in [1.54, 1.807) is 18.2 Å². The SMILES string of the molecule is CCC(NC(=O)c1ccccc1C(=O)O)C1CCCCC1. The van der Waals surface area contributed by atoms with Crippen LogP contribution in [-0.4, -0.2) is 23.0 Å². The summed E-state index contributed by atoms with van der Waals surface area (Å²) in [5.74, 6) is -0.818. The lowest BCUT2D eigenvalue weighted by molar-refractivity contribution is 0.0689. The number of carbonyl (C=O) groups excluding carboxylic acids is 1. The predicted octanol–water partition coefficient (Wildman–Crippen LogP) is 3.47. The van der Waals surface area contributed by atoms with Crippen molar-refractivity contribution in [2.75, 3.05) is 0 Å². The molecule has 1 aromatic rings. The fraction of sp³-hybridized carbons (Fsp3) is 0.529. The van der Waals surface area contributed by atoms with Crippen LogP contribution in [0.25, 0.3) is 0 Å². The van der Waals surface area contributed by atoms with Crippen LogP contribution in [0, 0.1) is 5.92 Å². The van der Waals surface area contributed by atoms with Crippen LogP contribution >= 0.6 is 0 Å². The molecule has 1 atom stereocenters. The van der Waals surface area contributed by atoms with E-state index in [4.69, 9.17) is 0 Å². The summed E-state index contributed by atoms with van der Waals surface area (Å²) in [6, 6.07) is 6.52. The molecule has 2 rings (SSSR count). The number of amides is 1. The molecule has 21 heavy (non-hydrogen) atoms. The van der Waals surface area contributed by atoms with Crippen LogP contribution in [0.5, 0.6) is 0 Å².